The number of amides is 2. The summed E-state index contributed by atoms with van der Waals surface area (Å²) in [5.74, 6) is -0.205. The minimum Gasteiger partial charge on any atom is -0.339 e. The SMILES string of the molecule is CN(C)C(=O)Sc1ccc(NC(=O)Cn2c3ccccc3c(=O)c3ccccc32)cc1. The number of anilines is 1. The van der Waals surface area contributed by atoms with Crippen molar-refractivity contribution in [3.63, 3.8) is 0 Å². The summed E-state index contributed by atoms with van der Waals surface area (Å²) < 4.78 is 1.86. The molecule has 6 nitrogen and oxygen atoms in total. The Morgan fingerprint density at radius 3 is 1.97 bits per heavy atom. The monoisotopic (exact) mass is 431 g/mol. The van der Waals surface area contributed by atoms with E-state index in [4.69, 9.17) is 0 Å². The molecule has 0 saturated heterocycles. The lowest BCUT2D eigenvalue weighted by Gasteiger charge is -2.15. The molecule has 1 heterocycles. The Balaban J connectivity index is 1.60. The van der Waals surface area contributed by atoms with Gasteiger partial charge in [-0.1, -0.05) is 24.3 Å². The summed E-state index contributed by atoms with van der Waals surface area (Å²) in [6, 6.07) is 21.8. The van der Waals surface area contributed by atoms with Crippen LogP contribution < -0.4 is 10.7 Å². The van der Waals surface area contributed by atoms with Crippen molar-refractivity contribution in [2.75, 3.05) is 19.4 Å². The van der Waals surface area contributed by atoms with E-state index in [1.54, 1.807) is 50.5 Å². The van der Waals surface area contributed by atoms with Gasteiger partial charge in [0.1, 0.15) is 6.54 Å². The molecular weight excluding hydrogens is 410 g/mol. The van der Waals surface area contributed by atoms with Crippen molar-refractivity contribution >= 4 is 50.4 Å². The van der Waals surface area contributed by atoms with Gasteiger partial charge in [0.15, 0.2) is 5.43 Å². The van der Waals surface area contributed by atoms with E-state index in [0.717, 1.165) is 27.7 Å². The molecule has 0 aliphatic carbocycles. The van der Waals surface area contributed by atoms with Crippen molar-refractivity contribution in [2.45, 2.75) is 11.4 Å². The van der Waals surface area contributed by atoms with Crippen LogP contribution in [0.1, 0.15) is 0 Å². The fourth-order valence-electron chi connectivity index (χ4n) is 3.39. The highest BCUT2D eigenvalue weighted by Crippen LogP contribution is 2.23. The highest BCUT2D eigenvalue weighted by molar-refractivity contribution is 8.13. The van der Waals surface area contributed by atoms with Crippen LogP contribution in [0.5, 0.6) is 0 Å². The first-order chi connectivity index (χ1) is 14.9. The van der Waals surface area contributed by atoms with E-state index in [9.17, 15) is 14.4 Å². The fourth-order valence-corrected chi connectivity index (χ4v) is 4.05. The number of hydrogen-bond acceptors (Lipinski definition) is 4. The minimum atomic E-state index is -0.205. The highest BCUT2D eigenvalue weighted by Gasteiger charge is 2.13. The second kappa shape index (κ2) is 8.65. The van der Waals surface area contributed by atoms with Gasteiger partial charge in [-0.15, -0.1) is 0 Å². The number of nitrogens with one attached hydrogen (secondary N) is 1. The molecule has 2 amide bonds. The van der Waals surface area contributed by atoms with Gasteiger partial charge in [0.05, 0.1) is 11.0 Å². The van der Waals surface area contributed by atoms with E-state index in [2.05, 4.69) is 5.32 Å². The Hall–Kier alpha value is -3.58. The number of carbonyl (C=O) groups excluding carboxylic acids is 2. The normalized spacial score (nSPS) is 10.9. The molecule has 4 rings (SSSR count). The summed E-state index contributed by atoms with van der Waals surface area (Å²) in [6.45, 7) is 0.0664. The molecule has 0 aliphatic rings. The molecule has 0 aliphatic heterocycles. The van der Waals surface area contributed by atoms with E-state index in [1.165, 1.54) is 4.90 Å². The maximum Gasteiger partial charge on any atom is 0.285 e. The van der Waals surface area contributed by atoms with Crippen LogP contribution in [0, 0.1) is 0 Å². The Kier molecular flexibility index (Phi) is 5.77. The molecular formula is C24H21N3O3S. The van der Waals surface area contributed by atoms with E-state index in [0.29, 0.717) is 16.5 Å². The number of benzene rings is 3. The number of rotatable bonds is 4. The van der Waals surface area contributed by atoms with Gasteiger partial charge in [0, 0.05) is 35.5 Å². The first-order valence-corrected chi connectivity index (χ1v) is 10.5. The Labute approximate surface area is 183 Å². The Morgan fingerprint density at radius 1 is 0.871 bits per heavy atom. The van der Waals surface area contributed by atoms with Crippen LogP contribution in [0.15, 0.2) is 82.5 Å². The molecule has 0 unspecified atom stereocenters. The topological polar surface area (TPSA) is 71.4 Å². The second-order valence-corrected chi connectivity index (χ2v) is 8.31. The number of hydrogen-bond donors (Lipinski definition) is 1. The zero-order valence-corrected chi connectivity index (χ0v) is 18.0. The number of fused-ring (bicyclic) bond motifs is 2. The molecule has 1 N–H and O–H groups in total. The summed E-state index contributed by atoms with van der Waals surface area (Å²) in [5.41, 5.74) is 2.04. The molecule has 156 valence electrons. The maximum atomic E-state index is 12.8. The van der Waals surface area contributed by atoms with Crippen LogP contribution in [0.4, 0.5) is 10.5 Å². The molecule has 3 aromatic carbocycles. The van der Waals surface area contributed by atoms with Crippen molar-refractivity contribution in [3.8, 4) is 0 Å². The van der Waals surface area contributed by atoms with Crippen molar-refractivity contribution in [3.05, 3.63) is 83.0 Å². The van der Waals surface area contributed by atoms with Crippen LogP contribution in [0.25, 0.3) is 21.8 Å². The Bertz CT molecular complexity index is 1280. The molecule has 0 atom stereocenters. The van der Waals surface area contributed by atoms with Crippen molar-refractivity contribution < 1.29 is 9.59 Å². The second-order valence-electron chi connectivity index (χ2n) is 7.28. The fraction of sp³-hybridized carbons (Fsp3) is 0.125. The third-order valence-corrected chi connectivity index (χ3v) is 5.94. The smallest absolute Gasteiger partial charge is 0.285 e. The minimum absolute atomic E-state index is 0.0387. The predicted octanol–water partition coefficient (Wildman–Crippen LogP) is 4.57. The van der Waals surface area contributed by atoms with Gasteiger partial charge in [-0.2, -0.15) is 0 Å². The molecule has 0 spiro atoms. The van der Waals surface area contributed by atoms with Crippen LogP contribution in [0.2, 0.25) is 0 Å². The first kappa shape index (κ1) is 20.7. The van der Waals surface area contributed by atoms with Gasteiger partial charge >= 0.3 is 0 Å². The number of aromatic nitrogens is 1. The van der Waals surface area contributed by atoms with Gasteiger partial charge in [0.2, 0.25) is 5.91 Å². The molecule has 0 fully saturated rings. The number of para-hydroxylation sites is 2. The van der Waals surface area contributed by atoms with E-state index in [-0.39, 0.29) is 23.1 Å². The van der Waals surface area contributed by atoms with E-state index >= 15 is 0 Å². The van der Waals surface area contributed by atoms with Crippen LogP contribution in [-0.2, 0) is 11.3 Å². The summed E-state index contributed by atoms with van der Waals surface area (Å²) in [5, 5.41) is 4.00. The number of nitrogens with zero attached hydrogens (tertiary/aromatic N) is 2. The van der Waals surface area contributed by atoms with Crippen LogP contribution in [-0.4, -0.2) is 34.7 Å². The molecule has 1 aromatic heterocycles. The first-order valence-electron chi connectivity index (χ1n) is 9.73. The van der Waals surface area contributed by atoms with Gasteiger partial charge < -0.3 is 14.8 Å². The molecule has 31 heavy (non-hydrogen) atoms. The largest absolute Gasteiger partial charge is 0.339 e. The summed E-state index contributed by atoms with van der Waals surface area (Å²) in [6.07, 6.45) is 0. The number of thioether (sulfide) groups is 1. The number of carbonyl (C=O) groups is 2. The van der Waals surface area contributed by atoms with Gasteiger partial charge in [-0.25, -0.2) is 0 Å². The lowest BCUT2D eigenvalue weighted by molar-refractivity contribution is -0.116. The Morgan fingerprint density at radius 2 is 1.42 bits per heavy atom. The lowest BCUT2D eigenvalue weighted by atomic mass is 10.1. The van der Waals surface area contributed by atoms with Gasteiger partial charge in [-0.05, 0) is 60.3 Å². The van der Waals surface area contributed by atoms with E-state index < -0.39 is 0 Å². The molecule has 0 radical (unpaired) electrons. The zero-order chi connectivity index (χ0) is 22.0. The van der Waals surface area contributed by atoms with Crippen molar-refractivity contribution in [2.24, 2.45) is 0 Å². The lowest BCUT2D eigenvalue weighted by Crippen LogP contribution is -2.21. The van der Waals surface area contributed by atoms with Crippen LogP contribution in [0.3, 0.4) is 0 Å². The van der Waals surface area contributed by atoms with Gasteiger partial charge in [0.25, 0.3) is 5.24 Å². The summed E-state index contributed by atoms with van der Waals surface area (Å²) in [4.78, 5) is 39.8. The van der Waals surface area contributed by atoms with Crippen molar-refractivity contribution in [1.29, 1.82) is 0 Å². The van der Waals surface area contributed by atoms with E-state index in [1.807, 2.05) is 41.0 Å². The average molecular weight is 432 g/mol. The summed E-state index contributed by atoms with van der Waals surface area (Å²) >= 11 is 1.13. The maximum absolute atomic E-state index is 12.8. The standard InChI is InChI=1S/C24H21N3O3S/c1-26(2)24(30)31-17-13-11-16(12-14-17)25-22(28)15-27-20-9-5-3-7-18(20)23(29)19-8-4-6-10-21(19)27/h3-14H,15H2,1-2H3,(H,25,28). The summed E-state index contributed by atoms with van der Waals surface area (Å²) in [7, 11) is 3.41. The highest BCUT2D eigenvalue weighted by atomic mass is 32.2. The average Bonchev–Trinajstić information content (AvgIpc) is 2.78. The third kappa shape index (κ3) is 4.32. The molecule has 7 heteroatoms. The predicted molar refractivity (Wildman–Crippen MR) is 126 cm³/mol. The molecule has 0 saturated carbocycles. The molecule has 0 bridgehead atoms. The zero-order valence-electron chi connectivity index (χ0n) is 17.2. The quantitative estimate of drug-likeness (QED) is 0.380. The van der Waals surface area contributed by atoms with Crippen LogP contribution >= 0.6 is 11.8 Å². The molecule has 4 aromatic rings. The van der Waals surface area contributed by atoms with Gasteiger partial charge in [-0.3, -0.25) is 14.4 Å². The third-order valence-electron chi connectivity index (χ3n) is 4.89. The van der Waals surface area contributed by atoms with Crippen molar-refractivity contribution in [1.82, 2.24) is 9.47 Å². The number of pyridine rings is 1.